The monoisotopic (exact) mass is 232 g/mol. The van der Waals surface area contributed by atoms with Crippen molar-refractivity contribution in [2.75, 3.05) is 0 Å². The van der Waals surface area contributed by atoms with Crippen LogP contribution in [0.1, 0.15) is 29.5 Å². The molecule has 0 aliphatic rings. The molecule has 0 aliphatic heterocycles. The van der Waals surface area contributed by atoms with Crippen molar-refractivity contribution in [1.82, 2.24) is 0 Å². The molecular weight excluding hydrogens is 220 g/mol. The van der Waals surface area contributed by atoms with Crippen molar-refractivity contribution < 1.29 is 9.90 Å². The molecule has 0 fully saturated rings. The van der Waals surface area contributed by atoms with Gasteiger partial charge in [-0.25, -0.2) is 0 Å². The largest absolute Gasteiger partial charge is 0.481 e. The van der Waals surface area contributed by atoms with Gasteiger partial charge in [0.05, 0.1) is 10.9 Å². The Balaban J connectivity index is 3.05. The minimum absolute atomic E-state index is 0.0848. The summed E-state index contributed by atoms with van der Waals surface area (Å²) in [6, 6.07) is 1.76. The van der Waals surface area contributed by atoms with Gasteiger partial charge in [-0.15, -0.1) is 11.3 Å². The van der Waals surface area contributed by atoms with E-state index in [9.17, 15) is 4.79 Å². The van der Waals surface area contributed by atoms with E-state index in [4.69, 9.17) is 16.7 Å². The maximum atomic E-state index is 11.0. The highest BCUT2D eigenvalue weighted by atomic mass is 35.5. The molecule has 4 heteroatoms. The van der Waals surface area contributed by atoms with Gasteiger partial charge < -0.3 is 5.11 Å². The van der Waals surface area contributed by atoms with Crippen LogP contribution in [0.2, 0.25) is 5.02 Å². The average molecular weight is 233 g/mol. The van der Waals surface area contributed by atoms with Gasteiger partial charge in [0.25, 0.3) is 0 Å². The van der Waals surface area contributed by atoms with Crippen LogP contribution in [-0.2, 0) is 4.79 Å². The van der Waals surface area contributed by atoms with Crippen LogP contribution < -0.4 is 0 Å². The Morgan fingerprint density at radius 2 is 2.14 bits per heavy atom. The minimum atomic E-state index is -0.780. The van der Waals surface area contributed by atoms with Crippen molar-refractivity contribution in [3.05, 3.63) is 20.8 Å². The summed E-state index contributed by atoms with van der Waals surface area (Å²) in [6.45, 7) is 5.71. The number of carbonyl (C=O) groups is 1. The van der Waals surface area contributed by atoms with E-state index < -0.39 is 11.9 Å². The quantitative estimate of drug-likeness (QED) is 0.866. The van der Waals surface area contributed by atoms with Gasteiger partial charge in [0.2, 0.25) is 0 Å². The zero-order chi connectivity index (χ0) is 10.9. The molecule has 0 amide bonds. The minimum Gasteiger partial charge on any atom is -0.481 e. The summed E-state index contributed by atoms with van der Waals surface area (Å²) in [4.78, 5) is 12.8. The lowest BCUT2D eigenvalue weighted by Crippen LogP contribution is -2.16. The van der Waals surface area contributed by atoms with Gasteiger partial charge in [0.1, 0.15) is 0 Å². The van der Waals surface area contributed by atoms with Crippen molar-refractivity contribution in [2.45, 2.75) is 26.7 Å². The summed E-state index contributed by atoms with van der Waals surface area (Å²) in [5.41, 5.74) is 0. The number of hydrogen-bond acceptors (Lipinski definition) is 2. The highest BCUT2D eigenvalue weighted by Gasteiger charge is 2.25. The van der Waals surface area contributed by atoms with E-state index in [0.717, 1.165) is 9.75 Å². The molecular formula is C10H13ClO2S. The summed E-state index contributed by atoms with van der Waals surface area (Å²) < 4.78 is 0. The number of rotatable bonds is 3. The second-order valence-corrected chi connectivity index (χ2v) is 5.31. The van der Waals surface area contributed by atoms with Crippen LogP contribution in [0.25, 0.3) is 0 Å². The summed E-state index contributed by atoms with van der Waals surface area (Å²) in [5.74, 6) is -1.13. The Bertz CT molecular complexity index is 324. The lowest BCUT2D eigenvalue weighted by atomic mass is 9.94. The summed E-state index contributed by atoms with van der Waals surface area (Å²) in [5, 5.41) is 9.72. The van der Waals surface area contributed by atoms with E-state index in [-0.39, 0.29) is 5.92 Å². The zero-order valence-electron chi connectivity index (χ0n) is 8.37. The van der Waals surface area contributed by atoms with E-state index >= 15 is 0 Å². The summed E-state index contributed by atoms with van der Waals surface area (Å²) in [7, 11) is 0. The number of hydrogen-bond donors (Lipinski definition) is 1. The second-order valence-electron chi connectivity index (χ2n) is 3.61. The smallest absolute Gasteiger partial charge is 0.312 e. The normalized spacial score (nSPS) is 13.2. The summed E-state index contributed by atoms with van der Waals surface area (Å²) >= 11 is 7.37. The van der Waals surface area contributed by atoms with Crippen LogP contribution in [0.3, 0.4) is 0 Å². The fourth-order valence-electron chi connectivity index (χ4n) is 1.37. The third-order valence-corrected chi connectivity index (χ3v) is 3.75. The van der Waals surface area contributed by atoms with Gasteiger partial charge in [0, 0.05) is 9.75 Å². The van der Waals surface area contributed by atoms with Crippen LogP contribution in [-0.4, -0.2) is 11.1 Å². The van der Waals surface area contributed by atoms with E-state index in [1.54, 1.807) is 6.07 Å². The van der Waals surface area contributed by atoms with Crippen molar-refractivity contribution in [1.29, 1.82) is 0 Å². The van der Waals surface area contributed by atoms with Crippen LogP contribution in [0.5, 0.6) is 0 Å². The lowest BCUT2D eigenvalue weighted by Gasteiger charge is -2.13. The molecule has 0 spiro atoms. The molecule has 1 aromatic rings. The standard InChI is InChI=1S/C10H13ClO2S/c1-5(2)9(10(12)13)8-4-7(11)6(3)14-8/h4-5,9H,1-3H3,(H,12,13). The first kappa shape index (κ1) is 11.5. The number of carboxylic acids is 1. The Hall–Kier alpha value is -0.540. The van der Waals surface area contributed by atoms with Gasteiger partial charge >= 0.3 is 5.97 Å². The number of halogens is 1. The zero-order valence-corrected chi connectivity index (χ0v) is 9.95. The fourth-order valence-corrected chi connectivity index (χ4v) is 2.85. The second kappa shape index (κ2) is 4.32. The van der Waals surface area contributed by atoms with Crippen LogP contribution >= 0.6 is 22.9 Å². The Morgan fingerprint density at radius 3 is 2.43 bits per heavy atom. The third-order valence-electron chi connectivity index (χ3n) is 2.12. The molecule has 0 radical (unpaired) electrons. The number of aryl methyl sites for hydroxylation is 1. The molecule has 1 unspecified atom stereocenters. The average Bonchev–Trinajstić information content (AvgIpc) is 2.29. The molecule has 1 rings (SSSR count). The molecule has 0 aliphatic carbocycles. The Kier molecular flexibility index (Phi) is 3.56. The Morgan fingerprint density at radius 1 is 1.57 bits per heavy atom. The maximum absolute atomic E-state index is 11.0. The van der Waals surface area contributed by atoms with Gasteiger partial charge in [-0.05, 0) is 18.9 Å². The first-order valence-corrected chi connectivity index (χ1v) is 5.61. The maximum Gasteiger partial charge on any atom is 0.312 e. The van der Waals surface area contributed by atoms with E-state index in [1.165, 1.54) is 11.3 Å². The van der Waals surface area contributed by atoms with Crippen molar-refractivity contribution in [2.24, 2.45) is 5.92 Å². The summed E-state index contributed by atoms with van der Waals surface area (Å²) in [6.07, 6.45) is 0. The number of thiophene rings is 1. The van der Waals surface area contributed by atoms with Crippen molar-refractivity contribution >= 4 is 28.9 Å². The van der Waals surface area contributed by atoms with Gasteiger partial charge in [0.15, 0.2) is 0 Å². The molecule has 1 aromatic heterocycles. The van der Waals surface area contributed by atoms with Crippen molar-refractivity contribution in [3.8, 4) is 0 Å². The lowest BCUT2D eigenvalue weighted by molar-refractivity contribution is -0.139. The topological polar surface area (TPSA) is 37.3 Å². The molecule has 0 saturated carbocycles. The highest BCUT2D eigenvalue weighted by Crippen LogP contribution is 2.34. The predicted molar refractivity (Wildman–Crippen MR) is 59.3 cm³/mol. The van der Waals surface area contributed by atoms with Gasteiger partial charge in [-0.1, -0.05) is 25.4 Å². The van der Waals surface area contributed by atoms with Gasteiger partial charge in [-0.3, -0.25) is 4.79 Å². The molecule has 2 nitrogen and oxygen atoms in total. The molecule has 1 atom stereocenters. The highest BCUT2D eigenvalue weighted by molar-refractivity contribution is 7.12. The SMILES string of the molecule is Cc1sc(C(C(=O)O)C(C)C)cc1Cl. The van der Waals surface area contributed by atoms with E-state index in [0.29, 0.717) is 5.02 Å². The molecule has 0 aromatic carbocycles. The molecule has 1 heterocycles. The number of carboxylic acid groups (broad SMARTS) is 1. The predicted octanol–water partition coefficient (Wildman–Crippen LogP) is 3.53. The first-order valence-electron chi connectivity index (χ1n) is 4.42. The van der Waals surface area contributed by atoms with E-state index in [2.05, 4.69) is 0 Å². The van der Waals surface area contributed by atoms with Crippen LogP contribution in [0.4, 0.5) is 0 Å². The van der Waals surface area contributed by atoms with Crippen LogP contribution in [0, 0.1) is 12.8 Å². The molecule has 0 bridgehead atoms. The van der Waals surface area contributed by atoms with E-state index in [1.807, 2.05) is 20.8 Å². The molecule has 0 saturated heterocycles. The third kappa shape index (κ3) is 2.28. The van der Waals surface area contributed by atoms with Crippen LogP contribution in [0.15, 0.2) is 6.07 Å². The van der Waals surface area contributed by atoms with Gasteiger partial charge in [-0.2, -0.15) is 0 Å². The molecule has 1 N–H and O–H groups in total. The Labute approximate surface area is 92.5 Å². The van der Waals surface area contributed by atoms with Crippen molar-refractivity contribution in [3.63, 3.8) is 0 Å². The fraction of sp³-hybridized carbons (Fsp3) is 0.500. The molecule has 14 heavy (non-hydrogen) atoms. The first-order chi connectivity index (χ1) is 6.43. The number of aliphatic carboxylic acids is 1. The molecule has 78 valence electrons.